The molecule has 0 radical (unpaired) electrons. The summed E-state index contributed by atoms with van der Waals surface area (Å²) in [5.74, 6) is -2.47. The number of benzene rings is 1. The van der Waals surface area contributed by atoms with Gasteiger partial charge in [-0.25, -0.2) is 9.07 Å². The average molecular weight is 613 g/mol. The maximum atomic E-state index is 13.8. The van der Waals surface area contributed by atoms with Crippen molar-refractivity contribution in [1.29, 1.82) is 0 Å². The van der Waals surface area contributed by atoms with Gasteiger partial charge in [0.2, 0.25) is 0 Å². The van der Waals surface area contributed by atoms with Gasteiger partial charge in [0.1, 0.15) is 35.7 Å². The van der Waals surface area contributed by atoms with Crippen LogP contribution in [0.1, 0.15) is 26.8 Å². The quantitative estimate of drug-likeness (QED) is 0.267. The highest BCUT2D eigenvalue weighted by atomic mass is 35.5. The number of carbonyl (C=O) groups is 3. The lowest BCUT2D eigenvalue weighted by Crippen LogP contribution is -2.57. The number of esters is 3. The van der Waals surface area contributed by atoms with Crippen LogP contribution in [0.25, 0.3) is 11.3 Å². The second kappa shape index (κ2) is 12.9. The SMILES string of the molecule is CC(=O)OCC1OC(Sc2ccc(Cl)c(Cl)c2)C(OC(C)=O)C(n2cc(-c3cncc(F)c3)nn2)C1OC(C)=O. The molecule has 5 atom stereocenters. The summed E-state index contributed by atoms with van der Waals surface area (Å²) in [6.45, 7) is 3.35. The minimum absolute atomic E-state index is 0.256. The molecule has 1 aliphatic rings. The molecular weight excluding hydrogens is 590 g/mol. The Hall–Kier alpha value is -3.26. The minimum Gasteiger partial charge on any atom is -0.463 e. The van der Waals surface area contributed by atoms with Gasteiger partial charge in [-0.3, -0.25) is 19.4 Å². The molecule has 0 saturated carbocycles. The molecule has 5 unspecified atom stereocenters. The van der Waals surface area contributed by atoms with Crippen molar-refractivity contribution in [3.05, 3.63) is 58.7 Å². The van der Waals surface area contributed by atoms with E-state index in [2.05, 4.69) is 15.3 Å². The van der Waals surface area contributed by atoms with Crippen molar-refractivity contribution in [2.24, 2.45) is 0 Å². The number of carbonyl (C=O) groups excluding carboxylic acids is 3. The summed E-state index contributed by atoms with van der Waals surface area (Å²) in [7, 11) is 0. The number of halogens is 3. The number of thioether (sulfide) groups is 1. The molecule has 3 heterocycles. The van der Waals surface area contributed by atoms with E-state index in [4.69, 9.17) is 42.1 Å². The molecule has 1 aromatic carbocycles. The van der Waals surface area contributed by atoms with Crippen LogP contribution < -0.4 is 0 Å². The van der Waals surface area contributed by atoms with Crippen LogP contribution >= 0.6 is 35.0 Å². The van der Waals surface area contributed by atoms with Crippen LogP contribution in [-0.2, 0) is 33.3 Å². The number of pyridine rings is 1. The summed E-state index contributed by atoms with van der Waals surface area (Å²) in [5.41, 5.74) is -0.335. The molecule has 0 aliphatic carbocycles. The van der Waals surface area contributed by atoms with Crippen molar-refractivity contribution < 1.29 is 37.7 Å². The molecule has 1 saturated heterocycles. The van der Waals surface area contributed by atoms with E-state index < -0.39 is 53.5 Å². The van der Waals surface area contributed by atoms with Crippen molar-refractivity contribution in [2.45, 2.75) is 55.5 Å². The lowest BCUT2D eigenvalue weighted by molar-refractivity contribution is -0.212. The highest BCUT2D eigenvalue weighted by Gasteiger charge is 2.52. The first kappa shape index (κ1) is 29.7. The Morgan fingerprint density at radius 2 is 1.75 bits per heavy atom. The Bertz CT molecular complexity index is 1410. The molecule has 4 rings (SSSR count). The fraction of sp³-hybridized carbons (Fsp3) is 0.360. The second-order valence-corrected chi connectivity index (χ2v) is 10.6. The lowest BCUT2D eigenvalue weighted by Gasteiger charge is -2.44. The summed E-state index contributed by atoms with van der Waals surface area (Å²) >= 11 is 13.4. The molecule has 40 heavy (non-hydrogen) atoms. The monoisotopic (exact) mass is 612 g/mol. The topological polar surface area (TPSA) is 132 Å². The van der Waals surface area contributed by atoms with E-state index in [0.29, 0.717) is 20.5 Å². The van der Waals surface area contributed by atoms with Gasteiger partial charge in [-0.15, -0.1) is 5.10 Å². The molecule has 0 bridgehead atoms. The molecule has 3 aromatic rings. The predicted molar refractivity (Wildman–Crippen MR) is 141 cm³/mol. The first-order chi connectivity index (χ1) is 19.0. The summed E-state index contributed by atoms with van der Waals surface area (Å²) in [5, 5.41) is 8.94. The van der Waals surface area contributed by atoms with Crippen LogP contribution in [0.3, 0.4) is 0 Å². The van der Waals surface area contributed by atoms with Crippen LogP contribution in [0.5, 0.6) is 0 Å². The summed E-state index contributed by atoms with van der Waals surface area (Å²) in [6.07, 6.45) is 0.671. The van der Waals surface area contributed by atoms with Gasteiger partial charge >= 0.3 is 17.9 Å². The van der Waals surface area contributed by atoms with Gasteiger partial charge < -0.3 is 18.9 Å². The summed E-state index contributed by atoms with van der Waals surface area (Å²) in [6, 6.07) is 5.13. The third-order valence-corrected chi connectivity index (χ3v) is 7.51. The standard InChI is InChI=1S/C25H23Cl2FN4O7S/c1-12(33)36-11-21-23(37-13(2)34)22(32-10-20(30-31-32)15-6-16(28)9-29-8-15)24(38-14(3)35)25(39-21)40-17-4-5-18(26)19(27)7-17/h4-10,21-25H,11H2,1-3H3. The molecule has 1 aliphatic heterocycles. The molecule has 0 N–H and O–H groups in total. The Labute approximate surface area is 242 Å². The van der Waals surface area contributed by atoms with Crippen LogP contribution in [0.2, 0.25) is 10.0 Å². The average Bonchev–Trinajstić information content (AvgIpc) is 3.36. The van der Waals surface area contributed by atoms with Crippen molar-refractivity contribution in [2.75, 3.05) is 6.61 Å². The maximum absolute atomic E-state index is 13.8. The predicted octanol–water partition coefficient (Wildman–Crippen LogP) is 4.27. The van der Waals surface area contributed by atoms with Crippen LogP contribution in [0, 0.1) is 5.82 Å². The first-order valence-corrected chi connectivity index (χ1v) is 13.4. The van der Waals surface area contributed by atoms with Gasteiger partial charge in [-0.05, 0) is 24.3 Å². The number of rotatable bonds is 8. The molecule has 15 heteroatoms. The number of hydrogen-bond donors (Lipinski definition) is 0. The molecule has 212 valence electrons. The van der Waals surface area contributed by atoms with E-state index in [1.807, 2.05) is 0 Å². The van der Waals surface area contributed by atoms with E-state index in [0.717, 1.165) is 18.0 Å². The van der Waals surface area contributed by atoms with Gasteiger partial charge in [0.25, 0.3) is 0 Å². The van der Waals surface area contributed by atoms with Gasteiger partial charge in [0.15, 0.2) is 12.2 Å². The van der Waals surface area contributed by atoms with Crippen LogP contribution in [0.4, 0.5) is 4.39 Å². The zero-order valence-corrected chi connectivity index (χ0v) is 23.7. The normalized spacial score (nSPS) is 22.4. The zero-order valence-electron chi connectivity index (χ0n) is 21.3. The number of aromatic nitrogens is 4. The Morgan fingerprint density at radius 1 is 1.02 bits per heavy atom. The van der Waals surface area contributed by atoms with E-state index in [1.54, 1.807) is 18.2 Å². The highest BCUT2D eigenvalue weighted by molar-refractivity contribution is 7.99. The van der Waals surface area contributed by atoms with Crippen molar-refractivity contribution in [1.82, 2.24) is 20.0 Å². The van der Waals surface area contributed by atoms with Crippen LogP contribution in [-0.4, -0.2) is 68.2 Å². The third kappa shape index (κ3) is 7.27. The molecule has 1 fully saturated rings. The van der Waals surface area contributed by atoms with Crippen molar-refractivity contribution in [3.63, 3.8) is 0 Å². The van der Waals surface area contributed by atoms with E-state index >= 15 is 0 Å². The summed E-state index contributed by atoms with van der Waals surface area (Å²) < 4.78 is 37.9. The van der Waals surface area contributed by atoms with Gasteiger partial charge in [0.05, 0.1) is 22.4 Å². The van der Waals surface area contributed by atoms with Crippen molar-refractivity contribution >= 4 is 52.9 Å². The number of ether oxygens (including phenoxy) is 4. The third-order valence-electron chi connectivity index (χ3n) is 5.63. The molecule has 2 aromatic heterocycles. The Morgan fingerprint density at radius 3 is 2.40 bits per heavy atom. The van der Waals surface area contributed by atoms with Gasteiger partial charge in [-0.2, -0.15) is 0 Å². The van der Waals surface area contributed by atoms with E-state index in [-0.39, 0.29) is 12.3 Å². The van der Waals surface area contributed by atoms with Gasteiger partial charge in [-0.1, -0.05) is 40.2 Å². The van der Waals surface area contributed by atoms with E-state index in [9.17, 15) is 18.8 Å². The molecular formula is C25H23Cl2FN4O7S. The van der Waals surface area contributed by atoms with Gasteiger partial charge in [0, 0.05) is 37.4 Å². The maximum Gasteiger partial charge on any atom is 0.303 e. The molecule has 0 spiro atoms. The first-order valence-electron chi connectivity index (χ1n) is 11.8. The molecule has 11 nitrogen and oxygen atoms in total. The second-order valence-electron chi connectivity index (χ2n) is 8.65. The fourth-order valence-corrected chi connectivity index (χ4v) is 5.58. The highest BCUT2D eigenvalue weighted by Crippen LogP contribution is 2.42. The molecule has 0 amide bonds. The number of hydrogen-bond acceptors (Lipinski definition) is 11. The van der Waals surface area contributed by atoms with Crippen LogP contribution in [0.15, 0.2) is 47.8 Å². The smallest absolute Gasteiger partial charge is 0.303 e. The fourth-order valence-electron chi connectivity index (χ4n) is 4.07. The Balaban J connectivity index is 1.80. The van der Waals surface area contributed by atoms with E-state index in [1.165, 1.54) is 43.9 Å². The largest absolute Gasteiger partial charge is 0.463 e. The lowest BCUT2D eigenvalue weighted by atomic mass is 9.96. The zero-order chi connectivity index (χ0) is 29.0. The summed E-state index contributed by atoms with van der Waals surface area (Å²) in [4.78, 5) is 40.6. The van der Waals surface area contributed by atoms with Crippen molar-refractivity contribution in [3.8, 4) is 11.3 Å². The Kier molecular flexibility index (Phi) is 9.61. The minimum atomic E-state index is -1.15. The number of nitrogens with zero attached hydrogens (tertiary/aromatic N) is 4.